The predicted molar refractivity (Wildman–Crippen MR) is 88.8 cm³/mol. The fourth-order valence-electron chi connectivity index (χ4n) is 2.24. The summed E-state index contributed by atoms with van der Waals surface area (Å²) >= 11 is 1.88. The zero-order chi connectivity index (χ0) is 14.7. The van der Waals surface area contributed by atoms with Gasteiger partial charge in [0.15, 0.2) is 5.13 Å². The molecule has 0 spiro atoms. The molecule has 0 aliphatic heterocycles. The number of nitrogens with one attached hydrogen (secondary N) is 1. The lowest BCUT2D eigenvalue weighted by Gasteiger charge is -2.22. The Balaban J connectivity index is 2.07. The van der Waals surface area contributed by atoms with E-state index < -0.39 is 0 Å². The van der Waals surface area contributed by atoms with Crippen molar-refractivity contribution < 1.29 is 0 Å². The van der Waals surface area contributed by atoms with E-state index in [1.807, 2.05) is 11.3 Å². The summed E-state index contributed by atoms with van der Waals surface area (Å²) in [7, 11) is 2.18. The average Bonchev–Trinajstić information content (AvgIpc) is 3.18. The molecule has 1 aromatic rings. The van der Waals surface area contributed by atoms with Crippen LogP contribution in [0.5, 0.6) is 0 Å². The number of hydrogen-bond donors (Lipinski definition) is 1. The van der Waals surface area contributed by atoms with Crippen molar-refractivity contribution in [3.63, 3.8) is 0 Å². The van der Waals surface area contributed by atoms with Crippen LogP contribution >= 0.6 is 11.3 Å². The van der Waals surface area contributed by atoms with Gasteiger partial charge in [0, 0.05) is 30.4 Å². The van der Waals surface area contributed by atoms with Crippen molar-refractivity contribution in [3.05, 3.63) is 10.6 Å². The van der Waals surface area contributed by atoms with Gasteiger partial charge in [0.1, 0.15) is 0 Å². The maximum absolute atomic E-state index is 4.94. The third-order valence-corrected chi connectivity index (χ3v) is 5.23. The molecule has 0 saturated heterocycles. The van der Waals surface area contributed by atoms with Crippen LogP contribution < -0.4 is 10.2 Å². The van der Waals surface area contributed by atoms with Crippen LogP contribution in [0.3, 0.4) is 0 Å². The van der Waals surface area contributed by atoms with Crippen molar-refractivity contribution in [3.8, 4) is 0 Å². The first-order valence-corrected chi connectivity index (χ1v) is 8.77. The van der Waals surface area contributed by atoms with Gasteiger partial charge in [-0.3, -0.25) is 0 Å². The van der Waals surface area contributed by atoms with Crippen molar-refractivity contribution >= 4 is 16.5 Å². The van der Waals surface area contributed by atoms with Gasteiger partial charge in [0.05, 0.1) is 5.69 Å². The Bertz CT molecular complexity index is 423. The molecule has 4 heteroatoms. The first-order valence-electron chi connectivity index (χ1n) is 7.96. The zero-order valence-corrected chi connectivity index (χ0v) is 14.4. The second-order valence-corrected chi connectivity index (χ2v) is 7.53. The Morgan fingerprint density at radius 2 is 2.05 bits per heavy atom. The minimum absolute atomic E-state index is 0.560. The molecule has 1 N–H and O–H groups in total. The third kappa shape index (κ3) is 3.95. The molecule has 114 valence electrons. The normalized spacial score (nSPS) is 16.7. The Labute approximate surface area is 127 Å². The van der Waals surface area contributed by atoms with Crippen LogP contribution in [-0.4, -0.2) is 24.6 Å². The monoisotopic (exact) mass is 295 g/mol. The van der Waals surface area contributed by atoms with Gasteiger partial charge >= 0.3 is 0 Å². The zero-order valence-electron chi connectivity index (χ0n) is 13.6. The molecule has 1 saturated carbocycles. The van der Waals surface area contributed by atoms with E-state index in [2.05, 4.69) is 45.0 Å². The average molecular weight is 295 g/mol. The summed E-state index contributed by atoms with van der Waals surface area (Å²) in [5.41, 5.74) is 1.37. The van der Waals surface area contributed by atoms with Gasteiger partial charge in [-0.25, -0.2) is 4.98 Å². The maximum Gasteiger partial charge on any atom is 0.185 e. The van der Waals surface area contributed by atoms with E-state index in [0.717, 1.165) is 25.4 Å². The Kier molecular flexibility index (Phi) is 5.44. The molecule has 3 nitrogen and oxygen atoms in total. The van der Waals surface area contributed by atoms with Gasteiger partial charge in [0.2, 0.25) is 0 Å². The van der Waals surface area contributed by atoms with Crippen LogP contribution in [0.1, 0.15) is 63.4 Å². The summed E-state index contributed by atoms with van der Waals surface area (Å²) in [4.78, 5) is 8.74. The molecule has 1 atom stereocenters. The second-order valence-electron chi connectivity index (χ2n) is 6.47. The van der Waals surface area contributed by atoms with Crippen molar-refractivity contribution in [2.75, 3.05) is 18.5 Å². The van der Waals surface area contributed by atoms with Gasteiger partial charge in [-0.2, -0.15) is 0 Å². The summed E-state index contributed by atoms with van der Waals surface area (Å²) in [6, 6.07) is 0.560. The van der Waals surface area contributed by atoms with Crippen molar-refractivity contribution in [2.24, 2.45) is 5.92 Å². The van der Waals surface area contributed by atoms with Crippen LogP contribution in [0.15, 0.2) is 0 Å². The SMILES string of the molecule is CCC(C)N(C)c1nc(C2CC2)c(CNCC(C)C)s1. The van der Waals surface area contributed by atoms with Gasteiger partial charge in [-0.05, 0) is 38.6 Å². The van der Waals surface area contributed by atoms with Crippen LogP contribution in [-0.2, 0) is 6.54 Å². The highest BCUT2D eigenvalue weighted by Gasteiger charge is 2.30. The van der Waals surface area contributed by atoms with E-state index in [1.54, 1.807) is 0 Å². The highest BCUT2D eigenvalue weighted by atomic mass is 32.1. The summed E-state index contributed by atoms with van der Waals surface area (Å²) in [5.74, 6) is 1.44. The van der Waals surface area contributed by atoms with Crippen LogP contribution in [0.2, 0.25) is 0 Å². The number of thiazole rings is 1. The molecule has 2 rings (SSSR count). The third-order valence-electron chi connectivity index (χ3n) is 4.07. The molecule has 1 fully saturated rings. The molecule has 0 bridgehead atoms. The highest BCUT2D eigenvalue weighted by molar-refractivity contribution is 7.15. The predicted octanol–water partition coefficient (Wildman–Crippen LogP) is 4.00. The van der Waals surface area contributed by atoms with Crippen molar-refractivity contribution in [1.82, 2.24) is 10.3 Å². The molecular weight excluding hydrogens is 266 g/mol. The van der Waals surface area contributed by atoms with Crippen LogP contribution in [0.4, 0.5) is 5.13 Å². The van der Waals surface area contributed by atoms with E-state index in [4.69, 9.17) is 4.98 Å². The molecule has 20 heavy (non-hydrogen) atoms. The minimum Gasteiger partial charge on any atom is -0.348 e. The lowest BCUT2D eigenvalue weighted by molar-refractivity contribution is 0.553. The topological polar surface area (TPSA) is 28.2 Å². The van der Waals surface area contributed by atoms with Gasteiger partial charge in [-0.1, -0.05) is 20.8 Å². The van der Waals surface area contributed by atoms with Gasteiger partial charge in [-0.15, -0.1) is 11.3 Å². The Morgan fingerprint density at radius 3 is 2.60 bits per heavy atom. The number of anilines is 1. The van der Waals surface area contributed by atoms with E-state index in [0.29, 0.717) is 12.0 Å². The first-order chi connectivity index (χ1) is 9.52. The van der Waals surface area contributed by atoms with E-state index in [1.165, 1.54) is 28.5 Å². The number of aromatic nitrogens is 1. The van der Waals surface area contributed by atoms with Gasteiger partial charge < -0.3 is 10.2 Å². The lowest BCUT2D eigenvalue weighted by Crippen LogP contribution is -2.27. The largest absolute Gasteiger partial charge is 0.348 e. The number of hydrogen-bond acceptors (Lipinski definition) is 4. The molecule has 1 aromatic heterocycles. The van der Waals surface area contributed by atoms with Gasteiger partial charge in [0.25, 0.3) is 0 Å². The molecular formula is C16H29N3S. The van der Waals surface area contributed by atoms with E-state index in [9.17, 15) is 0 Å². The van der Waals surface area contributed by atoms with E-state index in [-0.39, 0.29) is 0 Å². The van der Waals surface area contributed by atoms with Crippen molar-refractivity contribution in [2.45, 2.75) is 65.5 Å². The fraction of sp³-hybridized carbons (Fsp3) is 0.812. The van der Waals surface area contributed by atoms with Crippen molar-refractivity contribution in [1.29, 1.82) is 0 Å². The Morgan fingerprint density at radius 1 is 1.35 bits per heavy atom. The molecule has 1 aliphatic rings. The summed E-state index contributed by atoms with van der Waals surface area (Å²) in [6.07, 6.45) is 3.82. The molecule has 0 amide bonds. The summed E-state index contributed by atoms with van der Waals surface area (Å²) < 4.78 is 0. The summed E-state index contributed by atoms with van der Waals surface area (Å²) in [5, 5.41) is 4.77. The van der Waals surface area contributed by atoms with Crippen LogP contribution in [0.25, 0.3) is 0 Å². The molecule has 1 aliphatic carbocycles. The maximum atomic E-state index is 4.94. The number of nitrogens with zero attached hydrogens (tertiary/aromatic N) is 2. The smallest absolute Gasteiger partial charge is 0.185 e. The van der Waals surface area contributed by atoms with E-state index >= 15 is 0 Å². The van der Waals surface area contributed by atoms with Crippen LogP contribution in [0, 0.1) is 5.92 Å². The fourth-order valence-corrected chi connectivity index (χ4v) is 3.42. The number of rotatable bonds is 8. The first kappa shape index (κ1) is 15.8. The standard InChI is InChI=1S/C16H29N3S/c1-6-12(4)19(5)16-18-15(13-7-8-13)14(20-16)10-17-9-11(2)3/h11-13,17H,6-10H2,1-5H3. The highest BCUT2D eigenvalue weighted by Crippen LogP contribution is 2.44. The molecule has 1 heterocycles. The Hall–Kier alpha value is -0.610. The molecule has 0 aromatic carbocycles. The lowest BCUT2D eigenvalue weighted by atomic mass is 10.2. The summed E-state index contributed by atoms with van der Waals surface area (Å²) in [6.45, 7) is 11.1. The quantitative estimate of drug-likeness (QED) is 0.785. The molecule has 1 unspecified atom stereocenters. The molecule has 0 radical (unpaired) electrons. The minimum atomic E-state index is 0.560. The second kappa shape index (κ2) is 6.90.